The third kappa shape index (κ3) is 4.70. The van der Waals surface area contributed by atoms with Gasteiger partial charge in [0.05, 0.1) is 18.5 Å². The maximum absolute atomic E-state index is 12.2. The van der Waals surface area contributed by atoms with Crippen molar-refractivity contribution in [3.63, 3.8) is 0 Å². The number of carbonyl (C=O) groups is 1. The molecular formula is C26H22ClNO3. The van der Waals surface area contributed by atoms with Gasteiger partial charge in [-0.3, -0.25) is 9.78 Å². The molecule has 5 heteroatoms. The standard InChI is InChI=1S/C26H22ClNO3/c1-31-21-12-8-18(9-13-21)22(16-23(26(29)30)17-5-3-2-4-6-17)24-14-10-19-7-11-20(27)15-25(19)28-24/h2-15,22-23H,16H2,1H3,(H,29,30). The number of rotatable bonds is 7. The molecule has 0 aliphatic carbocycles. The van der Waals surface area contributed by atoms with Crippen LogP contribution in [0.5, 0.6) is 5.75 Å². The molecule has 0 aliphatic heterocycles. The van der Waals surface area contributed by atoms with Crippen molar-refractivity contribution in [3.05, 3.63) is 107 Å². The van der Waals surface area contributed by atoms with Gasteiger partial charge < -0.3 is 9.84 Å². The predicted octanol–water partition coefficient (Wildman–Crippen LogP) is 6.29. The smallest absolute Gasteiger partial charge is 0.311 e. The monoisotopic (exact) mass is 431 g/mol. The first-order valence-corrected chi connectivity index (χ1v) is 10.4. The lowest BCUT2D eigenvalue weighted by Gasteiger charge is -2.22. The van der Waals surface area contributed by atoms with Crippen LogP contribution >= 0.6 is 11.6 Å². The van der Waals surface area contributed by atoms with Gasteiger partial charge >= 0.3 is 5.97 Å². The predicted molar refractivity (Wildman–Crippen MR) is 123 cm³/mol. The third-order valence-corrected chi connectivity index (χ3v) is 5.76. The number of methoxy groups -OCH3 is 1. The number of hydrogen-bond donors (Lipinski definition) is 1. The third-order valence-electron chi connectivity index (χ3n) is 5.52. The van der Waals surface area contributed by atoms with E-state index in [2.05, 4.69) is 0 Å². The zero-order valence-electron chi connectivity index (χ0n) is 17.0. The molecule has 0 radical (unpaired) electrons. The molecule has 1 aromatic heterocycles. The molecule has 1 heterocycles. The first-order chi connectivity index (χ1) is 15.0. The van der Waals surface area contributed by atoms with Crippen molar-refractivity contribution < 1.29 is 14.6 Å². The summed E-state index contributed by atoms with van der Waals surface area (Å²) >= 11 is 6.18. The van der Waals surface area contributed by atoms with Crippen molar-refractivity contribution in [1.82, 2.24) is 4.98 Å². The van der Waals surface area contributed by atoms with E-state index in [4.69, 9.17) is 21.3 Å². The van der Waals surface area contributed by atoms with E-state index in [0.717, 1.165) is 33.5 Å². The molecule has 31 heavy (non-hydrogen) atoms. The molecule has 0 spiro atoms. The van der Waals surface area contributed by atoms with E-state index in [1.165, 1.54) is 0 Å². The highest BCUT2D eigenvalue weighted by Gasteiger charge is 2.27. The highest BCUT2D eigenvalue weighted by atomic mass is 35.5. The summed E-state index contributed by atoms with van der Waals surface area (Å²) in [6.45, 7) is 0. The Hall–Kier alpha value is -3.37. The van der Waals surface area contributed by atoms with Crippen molar-refractivity contribution in [1.29, 1.82) is 0 Å². The van der Waals surface area contributed by atoms with E-state index < -0.39 is 11.9 Å². The lowest BCUT2D eigenvalue weighted by atomic mass is 9.83. The number of hydrogen-bond acceptors (Lipinski definition) is 3. The van der Waals surface area contributed by atoms with Gasteiger partial charge in [-0.25, -0.2) is 0 Å². The summed E-state index contributed by atoms with van der Waals surface area (Å²) in [4.78, 5) is 17.1. The Balaban J connectivity index is 1.79. The normalized spacial score (nSPS) is 13.0. The summed E-state index contributed by atoms with van der Waals surface area (Å²) in [7, 11) is 1.62. The SMILES string of the molecule is COc1ccc(C(CC(C(=O)O)c2ccccc2)c2ccc3ccc(Cl)cc3n2)cc1. The average molecular weight is 432 g/mol. The Morgan fingerprint density at radius 2 is 1.68 bits per heavy atom. The lowest BCUT2D eigenvalue weighted by Crippen LogP contribution is -2.17. The van der Waals surface area contributed by atoms with Crippen LogP contribution in [-0.4, -0.2) is 23.2 Å². The van der Waals surface area contributed by atoms with Crippen LogP contribution in [0.25, 0.3) is 10.9 Å². The van der Waals surface area contributed by atoms with Crippen LogP contribution in [0.2, 0.25) is 5.02 Å². The molecule has 4 nitrogen and oxygen atoms in total. The van der Waals surface area contributed by atoms with Gasteiger partial charge in [-0.2, -0.15) is 0 Å². The van der Waals surface area contributed by atoms with Crippen molar-refractivity contribution in [2.45, 2.75) is 18.3 Å². The van der Waals surface area contributed by atoms with Crippen LogP contribution in [0.4, 0.5) is 0 Å². The maximum Gasteiger partial charge on any atom is 0.311 e. The molecule has 4 aromatic rings. The molecule has 156 valence electrons. The molecule has 1 N–H and O–H groups in total. The number of nitrogens with zero attached hydrogens (tertiary/aromatic N) is 1. The van der Waals surface area contributed by atoms with E-state index in [1.807, 2.05) is 84.9 Å². The molecular weight excluding hydrogens is 410 g/mol. The molecule has 0 amide bonds. The first-order valence-electron chi connectivity index (χ1n) is 10.0. The van der Waals surface area contributed by atoms with Gasteiger partial charge in [0.25, 0.3) is 0 Å². The fourth-order valence-corrected chi connectivity index (χ4v) is 4.03. The first kappa shape index (κ1) is 20.9. The fraction of sp³-hybridized carbons (Fsp3) is 0.154. The minimum Gasteiger partial charge on any atom is -0.497 e. The minimum absolute atomic E-state index is 0.212. The van der Waals surface area contributed by atoms with Crippen LogP contribution in [0.15, 0.2) is 84.9 Å². The zero-order chi connectivity index (χ0) is 21.8. The molecule has 2 unspecified atom stereocenters. The van der Waals surface area contributed by atoms with E-state index in [-0.39, 0.29) is 5.92 Å². The summed E-state index contributed by atoms with van der Waals surface area (Å²) in [6.07, 6.45) is 0.380. The van der Waals surface area contributed by atoms with Crippen molar-refractivity contribution in [2.75, 3.05) is 7.11 Å². The van der Waals surface area contributed by atoms with Crippen LogP contribution in [0.1, 0.15) is 35.1 Å². The van der Waals surface area contributed by atoms with Gasteiger partial charge in [-0.15, -0.1) is 0 Å². The van der Waals surface area contributed by atoms with E-state index >= 15 is 0 Å². The van der Waals surface area contributed by atoms with Gasteiger partial charge in [-0.1, -0.05) is 66.2 Å². The summed E-state index contributed by atoms with van der Waals surface area (Å²) in [6, 6.07) is 26.6. The molecule has 0 saturated carbocycles. The molecule has 0 bridgehead atoms. The van der Waals surface area contributed by atoms with Crippen LogP contribution in [0, 0.1) is 0 Å². The summed E-state index contributed by atoms with van der Waals surface area (Å²) in [5, 5.41) is 11.6. The van der Waals surface area contributed by atoms with E-state index in [1.54, 1.807) is 7.11 Å². The van der Waals surface area contributed by atoms with Gasteiger partial charge in [0.1, 0.15) is 5.75 Å². The van der Waals surface area contributed by atoms with Crippen molar-refractivity contribution >= 4 is 28.5 Å². The Labute approximate surface area is 186 Å². The maximum atomic E-state index is 12.2. The number of carboxylic acid groups (broad SMARTS) is 1. The number of pyridine rings is 1. The molecule has 0 saturated heterocycles. The molecule has 0 aliphatic rings. The Morgan fingerprint density at radius 1 is 0.968 bits per heavy atom. The number of halogens is 1. The number of aromatic nitrogens is 1. The number of fused-ring (bicyclic) bond motifs is 1. The second-order valence-corrected chi connectivity index (χ2v) is 7.87. The highest BCUT2D eigenvalue weighted by molar-refractivity contribution is 6.31. The Kier molecular flexibility index (Phi) is 6.19. The van der Waals surface area contributed by atoms with Crippen LogP contribution in [-0.2, 0) is 4.79 Å². The van der Waals surface area contributed by atoms with Crippen molar-refractivity contribution in [3.8, 4) is 5.75 Å². The van der Waals surface area contributed by atoms with Gasteiger partial charge in [0.15, 0.2) is 0 Å². The van der Waals surface area contributed by atoms with Crippen LogP contribution in [0.3, 0.4) is 0 Å². The minimum atomic E-state index is -0.853. The topological polar surface area (TPSA) is 59.4 Å². The zero-order valence-corrected chi connectivity index (χ0v) is 17.8. The van der Waals surface area contributed by atoms with Gasteiger partial charge in [0, 0.05) is 22.0 Å². The van der Waals surface area contributed by atoms with E-state index in [9.17, 15) is 9.90 Å². The van der Waals surface area contributed by atoms with Gasteiger partial charge in [0.2, 0.25) is 0 Å². The molecule has 3 aromatic carbocycles. The highest BCUT2D eigenvalue weighted by Crippen LogP contribution is 2.36. The average Bonchev–Trinajstić information content (AvgIpc) is 2.80. The molecule has 2 atom stereocenters. The molecule has 0 fully saturated rings. The fourth-order valence-electron chi connectivity index (χ4n) is 3.86. The summed E-state index contributed by atoms with van der Waals surface area (Å²) in [5.74, 6) is -0.979. The Morgan fingerprint density at radius 3 is 2.35 bits per heavy atom. The second kappa shape index (κ2) is 9.19. The lowest BCUT2D eigenvalue weighted by molar-refractivity contribution is -0.139. The summed E-state index contributed by atoms with van der Waals surface area (Å²) in [5.41, 5.74) is 3.35. The number of benzene rings is 3. The number of aliphatic carboxylic acids is 1. The van der Waals surface area contributed by atoms with Crippen molar-refractivity contribution in [2.24, 2.45) is 0 Å². The van der Waals surface area contributed by atoms with E-state index in [0.29, 0.717) is 11.4 Å². The quantitative estimate of drug-likeness (QED) is 0.373. The summed E-state index contributed by atoms with van der Waals surface area (Å²) < 4.78 is 5.29. The van der Waals surface area contributed by atoms with Crippen LogP contribution < -0.4 is 4.74 Å². The largest absolute Gasteiger partial charge is 0.497 e. The Bertz CT molecular complexity index is 1190. The van der Waals surface area contributed by atoms with Gasteiger partial charge in [-0.05, 0) is 47.9 Å². The molecule has 4 rings (SSSR count). The number of carboxylic acids is 1. The second-order valence-electron chi connectivity index (χ2n) is 7.44. The number of ether oxygens (including phenoxy) is 1.